The van der Waals surface area contributed by atoms with Crippen LogP contribution >= 0.6 is 0 Å². The predicted octanol–water partition coefficient (Wildman–Crippen LogP) is 3.26. The summed E-state index contributed by atoms with van der Waals surface area (Å²) in [5.74, 6) is -0.648. The van der Waals surface area contributed by atoms with Crippen molar-refractivity contribution in [2.24, 2.45) is 5.92 Å². The third kappa shape index (κ3) is 9.07. The van der Waals surface area contributed by atoms with Crippen LogP contribution in [0, 0.1) is 5.92 Å². The number of hydrogen-bond acceptors (Lipinski definition) is 6. The molecule has 10 heteroatoms. The summed E-state index contributed by atoms with van der Waals surface area (Å²) in [6.45, 7) is 9.81. The van der Waals surface area contributed by atoms with Crippen LogP contribution in [0.25, 0.3) is 0 Å². The molecule has 1 saturated heterocycles. The Hall–Kier alpha value is -2.85. The highest BCUT2D eigenvalue weighted by Gasteiger charge is 2.47. The molecular formula is C31H51N4O6+. The quantitative estimate of drug-likeness (QED) is 0.239. The van der Waals surface area contributed by atoms with Gasteiger partial charge >= 0.3 is 5.97 Å². The normalized spacial score (nSPS) is 20.3. The van der Waals surface area contributed by atoms with Crippen molar-refractivity contribution < 1.29 is 33.4 Å². The Morgan fingerprint density at radius 1 is 1.00 bits per heavy atom. The van der Waals surface area contributed by atoms with E-state index in [1.165, 1.54) is 6.92 Å². The van der Waals surface area contributed by atoms with E-state index < -0.39 is 11.9 Å². The minimum Gasteiger partial charge on any atom is -0.481 e. The van der Waals surface area contributed by atoms with Crippen LogP contribution in [-0.4, -0.2) is 122 Å². The number of carbonyl (C=O) groups is 3. The second-order valence-corrected chi connectivity index (χ2v) is 12.4. The Bertz CT molecular complexity index is 1040. The van der Waals surface area contributed by atoms with Gasteiger partial charge in [0.25, 0.3) is 0 Å². The van der Waals surface area contributed by atoms with Crippen LogP contribution in [0.15, 0.2) is 18.2 Å². The number of amides is 2. The van der Waals surface area contributed by atoms with Crippen molar-refractivity contribution in [3.63, 3.8) is 0 Å². The highest BCUT2D eigenvalue weighted by Crippen LogP contribution is 2.42. The molecule has 10 nitrogen and oxygen atoms in total. The van der Waals surface area contributed by atoms with E-state index in [0.29, 0.717) is 50.6 Å². The van der Waals surface area contributed by atoms with Crippen LogP contribution in [0.3, 0.4) is 0 Å². The standard InChI is InChI=1S/C31H50N4O6/c1-7-9-15-33(16-10-11-18-35(4,5)6)29(37)21-34-20-25(24-12-13-27-28(19-24)41-22-40-27)30(31(38)39)26(34)14-17-32(8-2)23(3)36/h12-13,19,25-26,30H,7-11,14-18,20-22H2,1-6H3/p+1. The zero-order valence-electron chi connectivity index (χ0n) is 25.9. The lowest BCUT2D eigenvalue weighted by Crippen LogP contribution is -2.46. The molecule has 2 aliphatic heterocycles. The van der Waals surface area contributed by atoms with E-state index in [-0.39, 0.29) is 37.1 Å². The average Bonchev–Trinajstić information content (AvgIpc) is 3.52. The molecule has 3 rings (SSSR count). The smallest absolute Gasteiger partial charge is 0.308 e. The van der Waals surface area contributed by atoms with Crippen molar-refractivity contribution in [2.75, 3.05) is 73.7 Å². The molecular weight excluding hydrogens is 524 g/mol. The lowest BCUT2D eigenvalue weighted by Gasteiger charge is -2.31. The molecule has 0 aliphatic carbocycles. The first-order valence-corrected chi connectivity index (χ1v) is 15.1. The Morgan fingerprint density at radius 2 is 1.71 bits per heavy atom. The largest absolute Gasteiger partial charge is 0.481 e. The molecule has 1 aromatic rings. The van der Waals surface area contributed by atoms with Gasteiger partial charge in [-0.05, 0) is 50.3 Å². The molecule has 3 unspecified atom stereocenters. The highest BCUT2D eigenvalue weighted by molar-refractivity contribution is 5.79. The van der Waals surface area contributed by atoms with Crippen LogP contribution in [0.2, 0.25) is 0 Å². The number of carboxylic acids is 1. The molecule has 2 amide bonds. The van der Waals surface area contributed by atoms with E-state index >= 15 is 0 Å². The Labute approximate surface area is 245 Å². The molecule has 0 radical (unpaired) electrons. The number of rotatable bonds is 16. The Kier molecular flexibility index (Phi) is 11.8. The van der Waals surface area contributed by atoms with Crippen molar-refractivity contribution in [2.45, 2.75) is 64.8 Å². The van der Waals surface area contributed by atoms with E-state index in [1.54, 1.807) is 4.90 Å². The fraction of sp³-hybridized carbons (Fsp3) is 0.710. The van der Waals surface area contributed by atoms with E-state index in [9.17, 15) is 19.5 Å². The number of ether oxygens (including phenoxy) is 2. The Morgan fingerprint density at radius 3 is 2.34 bits per heavy atom. The number of aliphatic carboxylic acids is 1. The van der Waals surface area contributed by atoms with E-state index in [2.05, 4.69) is 33.0 Å². The maximum absolute atomic E-state index is 13.7. The highest BCUT2D eigenvalue weighted by atomic mass is 16.7. The molecule has 2 heterocycles. The van der Waals surface area contributed by atoms with E-state index in [4.69, 9.17) is 9.47 Å². The minimum absolute atomic E-state index is 0.0352. The summed E-state index contributed by atoms with van der Waals surface area (Å²) >= 11 is 0. The number of carbonyl (C=O) groups excluding carboxylic acids is 2. The molecule has 41 heavy (non-hydrogen) atoms. The van der Waals surface area contributed by atoms with Crippen LogP contribution in [0.1, 0.15) is 64.4 Å². The fourth-order valence-corrected chi connectivity index (χ4v) is 6.03. The van der Waals surface area contributed by atoms with Crippen molar-refractivity contribution in [1.82, 2.24) is 14.7 Å². The van der Waals surface area contributed by atoms with Crippen LogP contribution in [0.5, 0.6) is 11.5 Å². The monoisotopic (exact) mass is 575 g/mol. The van der Waals surface area contributed by atoms with Gasteiger partial charge in [-0.2, -0.15) is 0 Å². The molecule has 1 fully saturated rings. The number of nitrogens with zero attached hydrogens (tertiary/aromatic N) is 4. The van der Waals surface area contributed by atoms with Gasteiger partial charge in [-0.25, -0.2) is 0 Å². The molecule has 2 aliphatic rings. The second-order valence-electron chi connectivity index (χ2n) is 12.4. The summed E-state index contributed by atoms with van der Waals surface area (Å²) in [6, 6.07) is 5.23. The number of hydrogen-bond donors (Lipinski definition) is 1. The van der Waals surface area contributed by atoms with Crippen LogP contribution in [-0.2, 0) is 14.4 Å². The van der Waals surface area contributed by atoms with Gasteiger partial charge in [-0.15, -0.1) is 0 Å². The van der Waals surface area contributed by atoms with Crippen molar-refractivity contribution in [3.8, 4) is 11.5 Å². The zero-order chi connectivity index (χ0) is 30.2. The number of likely N-dealkylation sites (tertiary alicyclic amines) is 1. The first-order valence-electron chi connectivity index (χ1n) is 15.1. The van der Waals surface area contributed by atoms with Gasteiger partial charge in [-0.1, -0.05) is 19.4 Å². The van der Waals surface area contributed by atoms with Gasteiger partial charge in [0, 0.05) is 51.6 Å². The van der Waals surface area contributed by atoms with Crippen molar-refractivity contribution >= 4 is 17.8 Å². The molecule has 0 spiro atoms. The van der Waals surface area contributed by atoms with Gasteiger partial charge in [0.05, 0.1) is 40.2 Å². The summed E-state index contributed by atoms with van der Waals surface area (Å²) in [6.07, 6.45) is 4.40. The van der Waals surface area contributed by atoms with Crippen LogP contribution in [0.4, 0.5) is 0 Å². The lowest BCUT2D eigenvalue weighted by atomic mass is 9.84. The Balaban J connectivity index is 1.83. The van der Waals surface area contributed by atoms with Crippen molar-refractivity contribution in [3.05, 3.63) is 23.8 Å². The third-order valence-electron chi connectivity index (χ3n) is 8.36. The lowest BCUT2D eigenvalue weighted by molar-refractivity contribution is -0.870. The summed E-state index contributed by atoms with van der Waals surface area (Å²) in [4.78, 5) is 44.4. The fourth-order valence-electron chi connectivity index (χ4n) is 6.03. The molecule has 0 aromatic heterocycles. The summed E-state index contributed by atoms with van der Waals surface area (Å²) in [5, 5.41) is 10.5. The number of carboxylic acid groups (broad SMARTS) is 1. The summed E-state index contributed by atoms with van der Waals surface area (Å²) in [5.41, 5.74) is 0.864. The van der Waals surface area contributed by atoms with Gasteiger partial charge in [0.2, 0.25) is 18.6 Å². The molecule has 3 atom stereocenters. The predicted molar refractivity (Wildman–Crippen MR) is 158 cm³/mol. The topological polar surface area (TPSA) is 99.6 Å². The number of benzene rings is 1. The van der Waals surface area contributed by atoms with Gasteiger partial charge in [0.15, 0.2) is 11.5 Å². The third-order valence-corrected chi connectivity index (χ3v) is 8.36. The van der Waals surface area contributed by atoms with Gasteiger partial charge < -0.3 is 28.9 Å². The molecule has 0 saturated carbocycles. The minimum atomic E-state index is -0.887. The first kappa shape index (κ1) is 32.7. The van der Waals surface area contributed by atoms with Crippen molar-refractivity contribution in [1.29, 1.82) is 0 Å². The molecule has 1 aromatic carbocycles. The molecule has 1 N–H and O–H groups in total. The maximum atomic E-state index is 13.7. The maximum Gasteiger partial charge on any atom is 0.308 e. The van der Waals surface area contributed by atoms with Gasteiger partial charge in [0.1, 0.15) is 0 Å². The SMILES string of the molecule is CCCCN(CCCC[N+](C)(C)C)C(=O)CN1CC(c2ccc3c(c2)OCO3)C(C(=O)O)C1CCN(CC)C(C)=O. The number of quaternary nitrogens is 1. The van der Waals surface area contributed by atoms with Crippen LogP contribution < -0.4 is 9.47 Å². The van der Waals surface area contributed by atoms with E-state index in [1.807, 2.05) is 30.0 Å². The number of fused-ring (bicyclic) bond motifs is 1. The second kappa shape index (κ2) is 14.9. The van der Waals surface area contributed by atoms with Gasteiger partial charge in [-0.3, -0.25) is 19.3 Å². The average molecular weight is 576 g/mol. The number of unbranched alkanes of at least 4 members (excludes halogenated alkanes) is 2. The zero-order valence-corrected chi connectivity index (χ0v) is 25.9. The summed E-state index contributed by atoms with van der Waals surface area (Å²) < 4.78 is 11.9. The first-order chi connectivity index (χ1) is 19.4. The summed E-state index contributed by atoms with van der Waals surface area (Å²) in [7, 11) is 6.53. The molecule has 0 bridgehead atoms. The van der Waals surface area contributed by atoms with E-state index in [0.717, 1.165) is 42.3 Å². The molecule has 230 valence electrons.